The topological polar surface area (TPSA) is 323 Å². The summed E-state index contributed by atoms with van der Waals surface area (Å²) in [6, 6.07) is 0. The normalized spacial score (nSPS) is 10.4. The number of esters is 2. The van der Waals surface area contributed by atoms with Crippen molar-refractivity contribution >= 4 is 73.6 Å². The van der Waals surface area contributed by atoms with Crippen LogP contribution in [0.2, 0.25) is 0 Å². The fourth-order valence-electron chi connectivity index (χ4n) is 3.78. The van der Waals surface area contributed by atoms with E-state index >= 15 is 0 Å². The van der Waals surface area contributed by atoms with Crippen LogP contribution in [0, 0.1) is 10.8 Å². The minimum atomic E-state index is -1.18. The van der Waals surface area contributed by atoms with Crippen LogP contribution in [0.1, 0.15) is 117 Å². The maximum atomic E-state index is 11.0. The Bertz CT molecular complexity index is 977. The standard InChI is InChI=1S/2C10H18O4.2C9H16O5.Ca.2H/c2*11-9(12)7-5-3-1-2-4-6-8-10(13)14;2*1-7(2)8(13)14-6-9(3-10,4-11)5-12;;;/h2*1-8H2,(H,11,12)(H,13,14);2*10-12H,1,3-6H2,2H3;;;. The van der Waals surface area contributed by atoms with E-state index in [1.165, 1.54) is 13.8 Å². The van der Waals surface area contributed by atoms with Crippen LogP contribution in [0.15, 0.2) is 24.3 Å². The van der Waals surface area contributed by atoms with Gasteiger partial charge in [0.25, 0.3) is 0 Å². The van der Waals surface area contributed by atoms with Gasteiger partial charge in [0.05, 0.1) is 50.5 Å². The van der Waals surface area contributed by atoms with Crippen molar-refractivity contribution in [1.82, 2.24) is 0 Å². The van der Waals surface area contributed by atoms with E-state index in [0.717, 1.165) is 77.0 Å². The van der Waals surface area contributed by atoms with Crippen molar-refractivity contribution in [3.63, 3.8) is 0 Å². The third kappa shape index (κ3) is 42.7. The van der Waals surface area contributed by atoms with Gasteiger partial charge in [0.1, 0.15) is 13.2 Å². The summed E-state index contributed by atoms with van der Waals surface area (Å²) < 4.78 is 9.45. The van der Waals surface area contributed by atoms with Gasteiger partial charge in [-0.25, -0.2) is 9.59 Å². The molecule has 0 aliphatic heterocycles. The molecule has 0 amide bonds. The molecule has 0 rings (SSSR count). The Hall–Kier alpha value is -2.68. The SMILES string of the molecule is C=C(C)C(=O)OCC(CO)(CO)CO.C=C(C)C(=O)OCC(CO)(CO)CO.O=C(O)CCCCCCCCC(=O)O.O=C(O)CCCCCCCCC(=O)O.[CaH2]. The summed E-state index contributed by atoms with van der Waals surface area (Å²) in [5.41, 5.74) is -1.89. The van der Waals surface area contributed by atoms with Gasteiger partial charge >= 0.3 is 73.6 Å². The number of hydrogen-bond donors (Lipinski definition) is 10. The molecule has 19 heteroatoms. The van der Waals surface area contributed by atoms with Crippen molar-refractivity contribution in [3.8, 4) is 0 Å². The van der Waals surface area contributed by atoms with Crippen LogP contribution in [-0.2, 0) is 38.2 Å². The van der Waals surface area contributed by atoms with Crippen LogP contribution in [0.25, 0.3) is 0 Å². The summed E-state index contributed by atoms with van der Waals surface area (Å²) in [5.74, 6) is -4.17. The molecule has 0 radical (unpaired) electrons. The third-order valence-corrected chi connectivity index (χ3v) is 7.79. The quantitative estimate of drug-likeness (QED) is 0.0213. The number of carboxylic acids is 4. The number of hydrogen-bond acceptors (Lipinski definition) is 14. The first-order chi connectivity index (χ1) is 26.3. The van der Waals surface area contributed by atoms with Crippen molar-refractivity contribution in [1.29, 1.82) is 0 Å². The number of ether oxygens (including phenoxy) is 2. The van der Waals surface area contributed by atoms with Crippen molar-refractivity contribution < 1.29 is 89.3 Å². The van der Waals surface area contributed by atoms with E-state index in [1.54, 1.807) is 0 Å². The first-order valence-electron chi connectivity index (χ1n) is 18.5. The van der Waals surface area contributed by atoms with E-state index in [1.807, 2.05) is 0 Å². The van der Waals surface area contributed by atoms with Crippen LogP contribution >= 0.6 is 0 Å². The van der Waals surface area contributed by atoms with Crippen LogP contribution in [0.5, 0.6) is 0 Å². The molecule has 0 unspecified atom stereocenters. The zero-order chi connectivity index (χ0) is 44.0. The van der Waals surface area contributed by atoms with Gasteiger partial charge in [0, 0.05) is 36.8 Å². The van der Waals surface area contributed by atoms with E-state index in [9.17, 15) is 28.8 Å². The number of carbonyl (C=O) groups is 6. The zero-order valence-corrected chi connectivity index (χ0v) is 33.1. The molecule has 0 fully saturated rings. The number of carboxylic acid groups (broad SMARTS) is 4. The molecule has 332 valence electrons. The van der Waals surface area contributed by atoms with Crippen LogP contribution in [0.4, 0.5) is 0 Å². The van der Waals surface area contributed by atoms with Crippen molar-refractivity contribution in [2.24, 2.45) is 10.8 Å². The summed E-state index contributed by atoms with van der Waals surface area (Å²) in [6.07, 6.45) is 11.6. The second-order valence-corrected chi connectivity index (χ2v) is 13.5. The van der Waals surface area contributed by atoms with E-state index in [2.05, 4.69) is 13.2 Å². The second kappa shape index (κ2) is 41.5. The summed E-state index contributed by atoms with van der Waals surface area (Å²) >= 11 is 0. The Morgan fingerprint density at radius 1 is 0.404 bits per heavy atom. The van der Waals surface area contributed by atoms with Crippen LogP contribution in [0.3, 0.4) is 0 Å². The molecule has 0 aliphatic rings. The molecule has 0 bridgehead atoms. The summed E-state index contributed by atoms with van der Waals surface area (Å²) in [7, 11) is 0. The predicted molar refractivity (Wildman–Crippen MR) is 212 cm³/mol. The number of aliphatic hydroxyl groups excluding tert-OH is 6. The van der Waals surface area contributed by atoms with E-state index in [4.69, 9.17) is 60.5 Å². The van der Waals surface area contributed by atoms with Crippen molar-refractivity contribution in [3.05, 3.63) is 24.3 Å². The number of aliphatic hydroxyl groups is 6. The molecule has 0 spiro atoms. The average Bonchev–Trinajstić information content (AvgIpc) is 3.15. The van der Waals surface area contributed by atoms with E-state index in [0.29, 0.717) is 0 Å². The molecule has 57 heavy (non-hydrogen) atoms. The van der Waals surface area contributed by atoms with Gasteiger partial charge in [-0.1, -0.05) is 64.5 Å². The Balaban J connectivity index is -0.000000210. The maximum absolute atomic E-state index is 11.0. The molecule has 0 aliphatic carbocycles. The molecule has 10 N–H and O–H groups in total. The van der Waals surface area contributed by atoms with Gasteiger partial charge < -0.3 is 60.5 Å². The van der Waals surface area contributed by atoms with Crippen molar-refractivity contribution in [2.75, 3.05) is 52.9 Å². The number of rotatable bonds is 30. The Labute approximate surface area is 365 Å². The van der Waals surface area contributed by atoms with Gasteiger partial charge in [-0.15, -0.1) is 0 Å². The summed E-state index contributed by atoms with van der Waals surface area (Å²) in [4.78, 5) is 62.5. The first kappa shape index (κ1) is 63.5. The average molecular weight is 855 g/mol. The molecule has 0 heterocycles. The van der Waals surface area contributed by atoms with E-state index in [-0.39, 0.29) is 87.8 Å². The molecule has 18 nitrogen and oxygen atoms in total. The van der Waals surface area contributed by atoms with Gasteiger partial charge in [-0.2, -0.15) is 0 Å². The van der Waals surface area contributed by atoms with Gasteiger partial charge in [-0.3, -0.25) is 19.2 Å². The molecular weight excluding hydrogens is 784 g/mol. The number of unbranched alkanes of at least 4 members (excludes halogenated alkanes) is 10. The van der Waals surface area contributed by atoms with Crippen molar-refractivity contribution in [2.45, 2.75) is 117 Å². The zero-order valence-electron chi connectivity index (χ0n) is 33.1. The summed E-state index contributed by atoms with van der Waals surface area (Å²) in [6.45, 7) is 6.52. The molecule has 0 aromatic heterocycles. The summed E-state index contributed by atoms with van der Waals surface area (Å²) in [5, 5.41) is 86.8. The fraction of sp³-hybridized carbons (Fsp3) is 0.737. The molecule has 0 aromatic rings. The molecular formula is C38H70CaO18. The monoisotopic (exact) mass is 854 g/mol. The molecule has 0 atom stereocenters. The number of aliphatic carboxylic acids is 4. The Morgan fingerprint density at radius 2 is 0.579 bits per heavy atom. The van der Waals surface area contributed by atoms with Crippen LogP contribution < -0.4 is 0 Å². The Morgan fingerprint density at radius 3 is 0.719 bits per heavy atom. The number of carbonyl (C=O) groups excluding carboxylic acids is 2. The fourth-order valence-corrected chi connectivity index (χ4v) is 3.78. The predicted octanol–water partition coefficient (Wildman–Crippen LogP) is 1.77. The molecule has 0 aromatic carbocycles. The second-order valence-electron chi connectivity index (χ2n) is 13.5. The van der Waals surface area contributed by atoms with Gasteiger partial charge in [0.15, 0.2) is 0 Å². The molecule has 0 saturated heterocycles. The van der Waals surface area contributed by atoms with Crippen LogP contribution in [-0.4, -0.2) is 177 Å². The third-order valence-electron chi connectivity index (χ3n) is 7.79. The Kier molecular flexibility index (Phi) is 46.2. The van der Waals surface area contributed by atoms with Gasteiger partial charge in [0.2, 0.25) is 0 Å². The van der Waals surface area contributed by atoms with E-state index < -0.39 is 86.3 Å². The minimum absolute atomic E-state index is 0. The first-order valence-corrected chi connectivity index (χ1v) is 18.5. The van der Waals surface area contributed by atoms with Gasteiger partial charge in [-0.05, 0) is 39.5 Å². The molecule has 0 saturated carbocycles.